The first-order chi connectivity index (χ1) is 8.18. The van der Waals surface area contributed by atoms with Crippen molar-refractivity contribution in [3.8, 4) is 0 Å². The van der Waals surface area contributed by atoms with Crippen molar-refractivity contribution in [2.45, 2.75) is 58.2 Å². The molecule has 0 saturated heterocycles. The summed E-state index contributed by atoms with van der Waals surface area (Å²) in [6.45, 7) is 9.58. The smallest absolute Gasteiger partial charge is 0.139 e. The van der Waals surface area contributed by atoms with Crippen molar-refractivity contribution in [1.82, 2.24) is 0 Å². The minimum absolute atomic E-state index is 0.000417. The average molecular weight is 252 g/mol. The van der Waals surface area contributed by atoms with Gasteiger partial charge in [0.25, 0.3) is 0 Å². The molecule has 2 saturated carbocycles. The van der Waals surface area contributed by atoms with Crippen LogP contribution in [0, 0.1) is 17.3 Å². The lowest BCUT2D eigenvalue weighted by molar-refractivity contribution is -0.168. The maximum absolute atomic E-state index is 12.2. The van der Waals surface area contributed by atoms with E-state index in [-0.39, 0.29) is 17.6 Å². The Kier molecular flexibility index (Phi) is 3.19. The zero-order chi connectivity index (χ0) is 13.7. The quantitative estimate of drug-likeness (QED) is 0.702. The Balaban J connectivity index is 2.36. The largest absolute Gasteiger partial charge is 0.392 e. The van der Waals surface area contributed by atoms with Crippen molar-refractivity contribution in [2.75, 3.05) is 0 Å². The molecule has 3 nitrogen and oxygen atoms in total. The highest BCUT2D eigenvalue weighted by atomic mass is 16.3. The summed E-state index contributed by atoms with van der Waals surface area (Å²) in [6, 6.07) is 0. The summed E-state index contributed by atoms with van der Waals surface area (Å²) >= 11 is 0. The van der Waals surface area contributed by atoms with Gasteiger partial charge in [0.05, 0.1) is 11.7 Å². The molecule has 0 aromatic rings. The van der Waals surface area contributed by atoms with Crippen LogP contribution in [0.4, 0.5) is 0 Å². The van der Waals surface area contributed by atoms with E-state index in [1.54, 1.807) is 0 Å². The predicted molar refractivity (Wildman–Crippen MR) is 70.0 cm³/mol. The van der Waals surface area contributed by atoms with Crippen molar-refractivity contribution in [2.24, 2.45) is 17.3 Å². The Labute approximate surface area is 109 Å². The van der Waals surface area contributed by atoms with Crippen LogP contribution in [0.3, 0.4) is 0 Å². The van der Waals surface area contributed by atoms with E-state index >= 15 is 0 Å². The van der Waals surface area contributed by atoms with Gasteiger partial charge in [-0.25, -0.2) is 0 Å². The molecule has 3 heteroatoms. The minimum atomic E-state index is -0.809. The maximum Gasteiger partial charge on any atom is 0.139 e. The number of rotatable bonds is 1. The van der Waals surface area contributed by atoms with Crippen LogP contribution in [0.25, 0.3) is 0 Å². The topological polar surface area (TPSA) is 57.5 Å². The Bertz CT molecular complexity index is 385. The van der Waals surface area contributed by atoms with E-state index in [0.29, 0.717) is 25.7 Å². The van der Waals surface area contributed by atoms with E-state index in [4.69, 9.17) is 0 Å². The molecule has 2 aliphatic carbocycles. The fourth-order valence-corrected chi connectivity index (χ4v) is 3.99. The van der Waals surface area contributed by atoms with Crippen molar-refractivity contribution in [3.63, 3.8) is 0 Å². The van der Waals surface area contributed by atoms with Crippen molar-refractivity contribution in [1.29, 1.82) is 0 Å². The molecule has 102 valence electrons. The van der Waals surface area contributed by atoms with Gasteiger partial charge < -0.3 is 10.2 Å². The molecule has 5 atom stereocenters. The molecule has 0 spiro atoms. The average Bonchev–Trinajstić information content (AvgIpc) is 2.23. The molecule has 0 aliphatic heterocycles. The van der Waals surface area contributed by atoms with Gasteiger partial charge in [-0.3, -0.25) is 4.79 Å². The molecule has 0 amide bonds. The Morgan fingerprint density at radius 2 is 2.06 bits per heavy atom. The lowest BCUT2D eigenvalue weighted by Gasteiger charge is -2.54. The third kappa shape index (κ3) is 1.94. The molecule has 2 N–H and O–H groups in total. The highest BCUT2D eigenvalue weighted by Crippen LogP contribution is 2.54. The summed E-state index contributed by atoms with van der Waals surface area (Å²) in [5.41, 5.74) is -0.442. The van der Waals surface area contributed by atoms with Crippen LogP contribution in [0.2, 0.25) is 0 Å². The third-order valence-corrected chi connectivity index (χ3v) is 5.24. The molecule has 0 heterocycles. The zero-order valence-corrected chi connectivity index (χ0v) is 11.6. The van der Waals surface area contributed by atoms with Crippen LogP contribution in [0.5, 0.6) is 0 Å². The normalized spacial score (nSPS) is 48.7. The Morgan fingerprint density at radius 1 is 1.44 bits per heavy atom. The van der Waals surface area contributed by atoms with E-state index in [0.717, 1.165) is 5.57 Å². The number of hydrogen-bond acceptors (Lipinski definition) is 3. The zero-order valence-electron chi connectivity index (χ0n) is 11.6. The first-order valence-electron chi connectivity index (χ1n) is 6.77. The van der Waals surface area contributed by atoms with Crippen LogP contribution < -0.4 is 0 Å². The summed E-state index contributed by atoms with van der Waals surface area (Å²) in [5, 5.41) is 20.8. The van der Waals surface area contributed by atoms with Gasteiger partial charge in [0.2, 0.25) is 0 Å². The highest BCUT2D eigenvalue weighted by molar-refractivity contribution is 5.86. The molecular weight excluding hydrogens is 228 g/mol. The summed E-state index contributed by atoms with van der Waals surface area (Å²) < 4.78 is 0. The second kappa shape index (κ2) is 4.17. The van der Waals surface area contributed by atoms with Crippen LogP contribution >= 0.6 is 0 Å². The lowest BCUT2D eigenvalue weighted by Crippen LogP contribution is -2.58. The SMILES string of the molecule is C=C(C)[C@H]1C[C@@H]2[C@@](C)(C[C@@H]1O)C(=O)CC[C@@]2(C)O. The fraction of sp³-hybridized carbons (Fsp3) is 0.800. The van der Waals surface area contributed by atoms with Gasteiger partial charge in [0.15, 0.2) is 0 Å². The molecule has 0 unspecified atom stereocenters. The summed E-state index contributed by atoms with van der Waals surface area (Å²) in [4.78, 5) is 12.2. The van der Waals surface area contributed by atoms with Gasteiger partial charge in [-0.2, -0.15) is 0 Å². The van der Waals surface area contributed by atoms with Crippen LogP contribution in [-0.2, 0) is 4.79 Å². The summed E-state index contributed by atoms with van der Waals surface area (Å²) in [6.07, 6.45) is 1.55. The second-order valence-electron chi connectivity index (χ2n) is 6.71. The molecular formula is C15H24O3. The van der Waals surface area contributed by atoms with E-state index in [9.17, 15) is 15.0 Å². The standard InChI is InChI=1S/C15H24O3/c1-9(2)10-7-12-14(3,8-11(10)16)13(17)5-6-15(12,4)18/h10-12,16,18H,1,5-8H2,2-4H3/t10-,11+,12-,14-,15-/m1/s1. The van der Waals surface area contributed by atoms with Crippen molar-refractivity contribution < 1.29 is 15.0 Å². The number of Topliss-reactive ketones (excluding diaryl/α,β-unsaturated/α-hetero) is 1. The van der Waals surface area contributed by atoms with Gasteiger partial charge in [0.1, 0.15) is 5.78 Å². The van der Waals surface area contributed by atoms with Gasteiger partial charge in [-0.1, -0.05) is 19.1 Å². The molecule has 2 rings (SSSR count). The fourth-order valence-electron chi connectivity index (χ4n) is 3.99. The third-order valence-electron chi connectivity index (χ3n) is 5.24. The molecule has 2 fully saturated rings. The van der Waals surface area contributed by atoms with Crippen LogP contribution in [-0.4, -0.2) is 27.7 Å². The first-order valence-corrected chi connectivity index (χ1v) is 6.77. The van der Waals surface area contributed by atoms with Gasteiger partial charge >= 0.3 is 0 Å². The minimum Gasteiger partial charge on any atom is -0.392 e. The molecule has 2 aliphatic rings. The number of carbonyl (C=O) groups is 1. The van der Waals surface area contributed by atoms with E-state index < -0.39 is 17.1 Å². The summed E-state index contributed by atoms with van der Waals surface area (Å²) in [5.74, 6) is 0.120. The number of fused-ring (bicyclic) bond motifs is 1. The van der Waals surface area contributed by atoms with Gasteiger partial charge in [0, 0.05) is 23.7 Å². The molecule has 0 radical (unpaired) electrons. The lowest BCUT2D eigenvalue weighted by atomic mass is 9.52. The van der Waals surface area contributed by atoms with Gasteiger partial charge in [-0.15, -0.1) is 0 Å². The van der Waals surface area contributed by atoms with E-state index in [1.807, 2.05) is 20.8 Å². The number of aliphatic hydroxyl groups excluding tert-OH is 1. The van der Waals surface area contributed by atoms with Crippen LogP contribution in [0.15, 0.2) is 12.2 Å². The summed E-state index contributed by atoms with van der Waals surface area (Å²) in [7, 11) is 0. The predicted octanol–water partition coefficient (Wildman–Crippen LogP) is 2.07. The molecule has 0 bridgehead atoms. The maximum atomic E-state index is 12.2. The number of ketones is 1. The Hall–Kier alpha value is -0.670. The van der Waals surface area contributed by atoms with Crippen molar-refractivity contribution in [3.05, 3.63) is 12.2 Å². The molecule has 0 aromatic carbocycles. The molecule has 18 heavy (non-hydrogen) atoms. The molecule has 0 aromatic heterocycles. The van der Waals surface area contributed by atoms with Crippen LogP contribution in [0.1, 0.15) is 46.5 Å². The monoisotopic (exact) mass is 252 g/mol. The van der Waals surface area contributed by atoms with E-state index in [1.165, 1.54) is 0 Å². The number of aliphatic hydroxyl groups is 2. The van der Waals surface area contributed by atoms with Gasteiger partial charge in [-0.05, 0) is 33.1 Å². The number of hydrogen-bond donors (Lipinski definition) is 2. The number of carbonyl (C=O) groups excluding carboxylic acids is 1. The highest BCUT2D eigenvalue weighted by Gasteiger charge is 2.57. The second-order valence-corrected chi connectivity index (χ2v) is 6.71. The van der Waals surface area contributed by atoms with E-state index in [2.05, 4.69) is 6.58 Å². The first kappa shape index (κ1) is 13.8. The van der Waals surface area contributed by atoms with Crippen molar-refractivity contribution >= 4 is 5.78 Å². The Morgan fingerprint density at radius 3 is 2.61 bits per heavy atom.